The Balaban J connectivity index is 1.35. The number of carbonyl (C=O) groups is 2. The van der Waals surface area contributed by atoms with E-state index in [1.165, 1.54) is 22.7 Å². The number of hydrogen-bond acceptors (Lipinski definition) is 4. The summed E-state index contributed by atoms with van der Waals surface area (Å²) in [7, 11) is 0. The molecule has 0 bridgehead atoms. The average Bonchev–Trinajstić information content (AvgIpc) is 2.90. The van der Waals surface area contributed by atoms with Crippen LogP contribution in [0.5, 0.6) is 0 Å². The number of amidine groups is 1. The maximum absolute atomic E-state index is 13.8. The van der Waals surface area contributed by atoms with Crippen molar-refractivity contribution in [1.29, 1.82) is 0 Å². The summed E-state index contributed by atoms with van der Waals surface area (Å²) in [5, 5.41) is 3.24. The number of amides is 3. The van der Waals surface area contributed by atoms with Gasteiger partial charge in [0.2, 0.25) is 5.91 Å². The number of halogens is 2. The van der Waals surface area contributed by atoms with E-state index in [0.717, 1.165) is 23.4 Å². The number of piperidine rings is 1. The summed E-state index contributed by atoms with van der Waals surface area (Å²) in [6, 6.07) is 21.9. The van der Waals surface area contributed by atoms with Gasteiger partial charge in [0.25, 0.3) is 0 Å². The number of urea groups is 1. The second kappa shape index (κ2) is 10.5. The fraction of sp³-hybridized carbons (Fsp3) is 0.222. The molecule has 3 aromatic carbocycles. The van der Waals surface area contributed by atoms with Gasteiger partial charge in [-0.2, -0.15) is 0 Å². The van der Waals surface area contributed by atoms with Crippen LogP contribution in [-0.4, -0.2) is 41.1 Å². The molecule has 2 aliphatic rings. The minimum Gasteiger partial charge on any atom is -0.324 e. The SMILES string of the molecule is O=C(Nc1ccc(F)c(F)c1)N1CCC2N=C(SCc3ccccc3)N(c3ccccc3)C(=O)C2C1. The number of likely N-dealkylation sites (tertiary alicyclic amines) is 1. The summed E-state index contributed by atoms with van der Waals surface area (Å²) in [6.07, 6.45) is 0.527. The first-order valence-electron chi connectivity index (χ1n) is 11.6. The number of anilines is 2. The van der Waals surface area contributed by atoms with Gasteiger partial charge >= 0.3 is 6.03 Å². The number of para-hydroxylation sites is 1. The monoisotopic (exact) mass is 506 g/mol. The third kappa shape index (κ3) is 5.11. The van der Waals surface area contributed by atoms with E-state index < -0.39 is 23.6 Å². The molecule has 6 nitrogen and oxygen atoms in total. The fourth-order valence-electron chi connectivity index (χ4n) is 4.40. The number of nitrogens with one attached hydrogen (secondary N) is 1. The van der Waals surface area contributed by atoms with E-state index in [-0.39, 0.29) is 24.2 Å². The molecule has 0 saturated carbocycles. The van der Waals surface area contributed by atoms with Crippen molar-refractivity contribution in [3.63, 3.8) is 0 Å². The third-order valence-electron chi connectivity index (χ3n) is 6.26. The predicted molar refractivity (Wildman–Crippen MR) is 138 cm³/mol. The van der Waals surface area contributed by atoms with Crippen molar-refractivity contribution in [3.8, 4) is 0 Å². The summed E-state index contributed by atoms with van der Waals surface area (Å²) in [5.74, 6) is -1.96. The Hall–Kier alpha value is -3.72. The lowest BCUT2D eigenvalue weighted by molar-refractivity contribution is -0.123. The molecule has 1 N–H and O–H groups in total. The molecule has 5 rings (SSSR count). The van der Waals surface area contributed by atoms with Gasteiger partial charge in [-0.3, -0.25) is 14.7 Å². The van der Waals surface area contributed by atoms with Gasteiger partial charge in [0.1, 0.15) is 0 Å². The summed E-state index contributed by atoms with van der Waals surface area (Å²) in [6.45, 7) is 0.581. The van der Waals surface area contributed by atoms with Crippen molar-refractivity contribution in [3.05, 3.63) is 96.1 Å². The highest BCUT2D eigenvalue weighted by Crippen LogP contribution is 2.34. The Morgan fingerprint density at radius 2 is 1.72 bits per heavy atom. The lowest BCUT2D eigenvalue weighted by atomic mass is 9.90. The second-order valence-electron chi connectivity index (χ2n) is 8.66. The number of aliphatic imine (C=N–C) groups is 1. The molecule has 2 heterocycles. The molecule has 0 aliphatic carbocycles. The Labute approximate surface area is 212 Å². The van der Waals surface area contributed by atoms with Crippen molar-refractivity contribution >= 4 is 40.2 Å². The van der Waals surface area contributed by atoms with Crippen molar-refractivity contribution < 1.29 is 18.4 Å². The molecule has 1 saturated heterocycles. The first-order chi connectivity index (χ1) is 17.5. The van der Waals surface area contributed by atoms with Crippen LogP contribution in [0.4, 0.5) is 25.0 Å². The lowest BCUT2D eigenvalue weighted by Crippen LogP contribution is -2.57. The van der Waals surface area contributed by atoms with Gasteiger partial charge in [0, 0.05) is 30.6 Å². The van der Waals surface area contributed by atoms with Crippen molar-refractivity contribution in [2.75, 3.05) is 23.3 Å². The zero-order valence-corrected chi connectivity index (χ0v) is 20.1. The predicted octanol–water partition coefficient (Wildman–Crippen LogP) is 5.52. The summed E-state index contributed by atoms with van der Waals surface area (Å²) in [5.41, 5.74) is 2.01. The van der Waals surface area contributed by atoms with Crippen LogP contribution in [0.15, 0.2) is 83.9 Å². The molecule has 3 aromatic rings. The summed E-state index contributed by atoms with van der Waals surface area (Å²) in [4.78, 5) is 34.8. The molecule has 3 amide bonds. The number of hydrogen-bond donors (Lipinski definition) is 1. The van der Waals surface area contributed by atoms with Gasteiger partial charge < -0.3 is 10.2 Å². The zero-order valence-electron chi connectivity index (χ0n) is 19.3. The van der Waals surface area contributed by atoms with Crippen LogP contribution in [0.2, 0.25) is 0 Å². The van der Waals surface area contributed by atoms with Gasteiger partial charge in [0.15, 0.2) is 16.8 Å². The highest BCUT2D eigenvalue weighted by atomic mass is 32.2. The third-order valence-corrected chi connectivity index (χ3v) is 7.29. The minimum atomic E-state index is -1.04. The van der Waals surface area contributed by atoms with Crippen LogP contribution in [-0.2, 0) is 10.5 Å². The molecule has 184 valence electrons. The topological polar surface area (TPSA) is 65.0 Å². The van der Waals surface area contributed by atoms with Crippen LogP contribution in [0.3, 0.4) is 0 Å². The maximum Gasteiger partial charge on any atom is 0.321 e. The number of thioether (sulfide) groups is 1. The second-order valence-corrected chi connectivity index (χ2v) is 9.61. The Bertz CT molecular complexity index is 1290. The number of fused-ring (bicyclic) bond motifs is 1. The molecular formula is C27H24F2N4O2S. The number of rotatable bonds is 4. The maximum atomic E-state index is 13.8. The Morgan fingerprint density at radius 3 is 2.44 bits per heavy atom. The molecule has 2 aliphatic heterocycles. The van der Waals surface area contributed by atoms with Crippen LogP contribution < -0.4 is 10.2 Å². The van der Waals surface area contributed by atoms with E-state index >= 15 is 0 Å². The van der Waals surface area contributed by atoms with Gasteiger partial charge in [-0.05, 0) is 36.2 Å². The molecule has 36 heavy (non-hydrogen) atoms. The minimum absolute atomic E-state index is 0.109. The number of benzene rings is 3. The van der Waals surface area contributed by atoms with E-state index in [4.69, 9.17) is 4.99 Å². The smallest absolute Gasteiger partial charge is 0.321 e. The van der Waals surface area contributed by atoms with E-state index in [0.29, 0.717) is 23.9 Å². The Kier molecular flexibility index (Phi) is 6.99. The van der Waals surface area contributed by atoms with Crippen LogP contribution in [0.1, 0.15) is 12.0 Å². The van der Waals surface area contributed by atoms with Gasteiger partial charge in [-0.15, -0.1) is 0 Å². The number of carbonyl (C=O) groups excluding carboxylic acids is 2. The van der Waals surface area contributed by atoms with Crippen LogP contribution >= 0.6 is 11.8 Å². The zero-order chi connectivity index (χ0) is 25.1. The largest absolute Gasteiger partial charge is 0.324 e. The Morgan fingerprint density at radius 1 is 1.00 bits per heavy atom. The lowest BCUT2D eigenvalue weighted by Gasteiger charge is -2.42. The van der Waals surface area contributed by atoms with E-state index in [9.17, 15) is 18.4 Å². The quantitative estimate of drug-likeness (QED) is 0.507. The average molecular weight is 507 g/mol. The highest BCUT2D eigenvalue weighted by Gasteiger charge is 2.43. The first-order valence-corrected chi connectivity index (χ1v) is 12.6. The molecule has 1 fully saturated rings. The fourth-order valence-corrected chi connectivity index (χ4v) is 5.42. The van der Waals surface area contributed by atoms with Crippen molar-refractivity contribution in [2.24, 2.45) is 10.9 Å². The van der Waals surface area contributed by atoms with Crippen molar-refractivity contribution in [2.45, 2.75) is 18.2 Å². The number of nitrogens with zero attached hydrogens (tertiary/aromatic N) is 3. The van der Waals surface area contributed by atoms with E-state index in [1.807, 2.05) is 60.7 Å². The standard InChI is InChI=1S/C27H24F2N4O2S/c28-22-12-11-19(15-23(22)29)30-26(35)32-14-13-24-21(16-32)25(34)33(20-9-5-2-6-10-20)27(31-24)36-17-18-7-3-1-4-8-18/h1-12,15,21,24H,13-14,16-17H2,(H,30,35). The molecule has 2 unspecified atom stereocenters. The molecule has 2 atom stereocenters. The highest BCUT2D eigenvalue weighted by molar-refractivity contribution is 8.13. The molecule has 0 spiro atoms. The van der Waals surface area contributed by atoms with Crippen LogP contribution in [0.25, 0.3) is 0 Å². The summed E-state index contributed by atoms with van der Waals surface area (Å²) < 4.78 is 26.8. The first kappa shape index (κ1) is 24.0. The van der Waals surface area contributed by atoms with Gasteiger partial charge in [-0.1, -0.05) is 60.3 Å². The van der Waals surface area contributed by atoms with E-state index in [2.05, 4.69) is 5.32 Å². The summed E-state index contributed by atoms with van der Waals surface area (Å²) >= 11 is 1.52. The molecule has 9 heteroatoms. The normalized spacial score (nSPS) is 19.5. The van der Waals surface area contributed by atoms with Crippen LogP contribution in [0, 0.1) is 17.6 Å². The molecular weight excluding hydrogens is 482 g/mol. The molecule has 0 radical (unpaired) electrons. The van der Waals surface area contributed by atoms with Gasteiger partial charge in [-0.25, -0.2) is 13.6 Å². The van der Waals surface area contributed by atoms with E-state index in [1.54, 1.807) is 4.90 Å². The van der Waals surface area contributed by atoms with Crippen molar-refractivity contribution in [1.82, 2.24) is 4.90 Å². The van der Waals surface area contributed by atoms with Gasteiger partial charge in [0.05, 0.1) is 17.6 Å². The molecule has 0 aromatic heterocycles.